The van der Waals surface area contributed by atoms with Gasteiger partial charge < -0.3 is 9.84 Å². The van der Waals surface area contributed by atoms with E-state index in [0.29, 0.717) is 18.3 Å². The molecule has 1 N–H and O–H groups in total. The third-order valence-electron chi connectivity index (χ3n) is 5.79. The van der Waals surface area contributed by atoms with E-state index in [-0.39, 0.29) is 11.8 Å². The van der Waals surface area contributed by atoms with E-state index in [4.69, 9.17) is 4.52 Å². The fourth-order valence-electron chi connectivity index (χ4n) is 4.00. The van der Waals surface area contributed by atoms with E-state index >= 15 is 0 Å². The van der Waals surface area contributed by atoms with Crippen molar-refractivity contribution >= 4 is 11.6 Å². The number of amides is 1. The molecule has 3 aromatic rings. The van der Waals surface area contributed by atoms with Crippen molar-refractivity contribution < 1.29 is 9.32 Å². The number of anilines is 1. The Morgan fingerprint density at radius 3 is 2.50 bits per heavy atom. The van der Waals surface area contributed by atoms with Gasteiger partial charge in [-0.3, -0.25) is 9.69 Å². The molecule has 30 heavy (non-hydrogen) atoms. The van der Waals surface area contributed by atoms with E-state index in [9.17, 15) is 4.79 Å². The molecule has 0 radical (unpaired) electrons. The molecule has 1 saturated heterocycles. The minimum atomic E-state index is 0.0331. The van der Waals surface area contributed by atoms with E-state index < -0.39 is 0 Å². The summed E-state index contributed by atoms with van der Waals surface area (Å²) in [5.41, 5.74) is 5.27. The summed E-state index contributed by atoms with van der Waals surface area (Å²) in [7, 11) is 0. The van der Waals surface area contributed by atoms with E-state index in [1.165, 1.54) is 5.56 Å². The van der Waals surface area contributed by atoms with Crippen LogP contribution < -0.4 is 5.32 Å². The van der Waals surface area contributed by atoms with Gasteiger partial charge in [-0.1, -0.05) is 47.1 Å². The average Bonchev–Trinajstić information content (AvgIpc) is 3.20. The molecule has 0 saturated carbocycles. The van der Waals surface area contributed by atoms with Gasteiger partial charge in [0.25, 0.3) is 0 Å². The maximum atomic E-state index is 12.8. The van der Waals surface area contributed by atoms with Crippen LogP contribution in [-0.2, 0) is 11.3 Å². The summed E-state index contributed by atoms with van der Waals surface area (Å²) in [4.78, 5) is 19.6. The highest BCUT2D eigenvalue weighted by Gasteiger charge is 2.26. The minimum Gasteiger partial charge on any atom is -0.338 e. The van der Waals surface area contributed by atoms with Gasteiger partial charge in [-0.15, -0.1) is 0 Å². The molecule has 156 valence electrons. The zero-order chi connectivity index (χ0) is 21.1. The molecule has 1 fully saturated rings. The first-order valence-electron chi connectivity index (χ1n) is 10.5. The molecule has 0 spiro atoms. The lowest BCUT2D eigenvalue weighted by Crippen LogP contribution is -2.38. The lowest BCUT2D eigenvalue weighted by atomic mass is 9.95. The number of piperidine rings is 1. The van der Waals surface area contributed by atoms with Gasteiger partial charge >= 0.3 is 0 Å². The Balaban J connectivity index is 1.31. The van der Waals surface area contributed by atoms with Gasteiger partial charge in [0.1, 0.15) is 0 Å². The van der Waals surface area contributed by atoms with Crippen molar-refractivity contribution in [2.24, 2.45) is 5.92 Å². The van der Waals surface area contributed by atoms with Crippen molar-refractivity contribution in [3.8, 4) is 11.4 Å². The second-order valence-corrected chi connectivity index (χ2v) is 8.19. The van der Waals surface area contributed by atoms with Gasteiger partial charge in [0.05, 0.1) is 6.54 Å². The predicted molar refractivity (Wildman–Crippen MR) is 117 cm³/mol. The van der Waals surface area contributed by atoms with Crippen LogP contribution in [0.4, 0.5) is 5.69 Å². The SMILES string of the molecule is Cc1cccc(-c2noc(CN3CCC(C(=O)Nc4c(C)cccc4C)CC3)n2)c1. The lowest BCUT2D eigenvalue weighted by molar-refractivity contribution is -0.121. The van der Waals surface area contributed by atoms with Crippen LogP contribution in [-0.4, -0.2) is 34.0 Å². The minimum absolute atomic E-state index is 0.0331. The summed E-state index contributed by atoms with van der Waals surface area (Å²) in [6.07, 6.45) is 1.66. The molecule has 1 aliphatic rings. The molecule has 0 bridgehead atoms. The largest absolute Gasteiger partial charge is 0.338 e. The smallest absolute Gasteiger partial charge is 0.241 e. The Labute approximate surface area is 177 Å². The summed E-state index contributed by atoms with van der Waals surface area (Å²) >= 11 is 0. The number of aryl methyl sites for hydroxylation is 3. The third-order valence-corrected chi connectivity index (χ3v) is 5.79. The summed E-state index contributed by atoms with van der Waals surface area (Å²) in [5.74, 6) is 1.39. The van der Waals surface area contributed by atoms with Crippen LogP contribution in [0.3, 0.4) is 0 Å². The van der Waals surface area contributed by atoms with E-state index in [1.807, 2.05) is 57.2 Å². The Morgan fingerprint density at radius 1 is 1.10 bits per heavy atom. The highest BCUT2D eigenvalue weighted by atomic mass is 16.5. The van der Waals surface area contributed by atoms with Crippen LogP contribution in [0.1, 0.15) is 35.4 Å². The quantitative estimate of drug-likeness (QED) is 0.677. The maximum absolute atomic E-state index is 12.8. The number of aromatic nitrogens is 2. The van der Waals surface area contributed by atoms with Gasteiger partial charge in [-0.25, -0.2) is 0 Å². The Morgan fingerprint density at radius 2 is 1.80 bits per heavy atom. The van der Waals surface area contributed by atoms with Gasteiger partial charge in [0.15, 0.2) is 0 Å². The van der Waals surface area contributed by atoms with Crippen LogP contribution in [0.15, 0.2) is 47.0 Å². The van der Waals surface area contributed by atoms with Crippen LogP contribution in [0, 0.1) is 26.7 Å². The molecule has 6 heteroatoms. The van der Waals surface area contributed by atoms with Crippen molar-refractivity contribution in [3.05, 3.63) is 65.0 Å². The standard InChI is InChI=1S/C24H28N4O2/c1-16-6-4-9-20(14-16)23-25-21(30-27-23)15-28-12-10-19(11-13-28)24(29)26-22-17(2)7-5-8-18(22)3/h4-9,14,19H,10-13,15H2,1-3H3,(H,26,29). The van der Waals surface area contributed by atoms with Crippen molar-refractivity contribution in [2.45, 2.75) is 40.2 Å². The van der Waals surface area contributed by atoms with E-state index in [0.717, 1.165) is 48.3 Å². The van der Waals surface area contributed by atoms with Gasteiger partial charge in [0, 0.05) is 17.2 Å². The Hall–Kier alpha value is -2.99. The van der Waals surface area contributed by atoms with Gasteiger partial charge in [-0.05, 0) is 63.9 Å². The highest BCUT2D eigenvalue weighted by molar-refractivity contribution is 5.94. The highest BCUT2D eigenvalue weighted by Crippen LogP contribution is 2.24. The number of carbonyl (C=O) groups excluding carboxylic acids is 1. The molecule has 0 unspecified atom stereocenters. The molecule has 0 atom stereocenters. The molecule has 2 heterocycles. The fourth-order valence-corrected chi connectivity index (χ4v) is 4.00. The van der Waals surface area contributed by atoms with Crippen LogP contribution in [0.5, 0.6) is 0 Å². The fraction of sp³-hybridized carbons (Fsp3) is 0.375. The number of para-hydroxylation sites is 1. The average molecular weight is 405 g/mol. The normalized spacial score (nSPS) is 15.3. The number of nitrogens with one attached hydrogen (secondary N) is 1. The summed E-state index contributed by atoms with van der Waals surface area (Å²) in [6, 6.07) is 14.2. The van der Waals surface area contributed by atoms with Crippen LogP contribution in [0.2, 0.25) is 0 Å². The topological polar surface area (TPSA) is 71.3 Å². The molecule has 1 aliphatic heterocycles. The predicted octanol–water partition coefficient (Wildman–Crippen LogP) is 4.51. The maximum Gasteiger partial charge on any atom is 0.241 e. The number of nitrogens with zero attached hydrogens (tertiary/aromatic N) is 3. The monoisotopic (exact) mass is 404 g/mol. The molecular formula is C24H28N4O2. The number of benzene rings is 2. The third kappa shape index (κ3) is 4.60. The molecule has 4 rings (SSSR count). The van der Waals surface area contributed by atoms with Crippen molar-refractivity contribution in [1.29, 1.82) is 0 Å². The molecule has 2 aromatic carbocycles. The van der Waals surface area contributed by atoms with E-state index in [2.05, 4.69) is 26.4 Å². The lowest BCUT2D eigenvalue weighted by Gasteiger charge is -2.30. The number of likely N-dealkylation sites (tertiary alicyclic amines) is 1. The zero-order valence-electron chi connectivity index (χ0n) is 17.8. The van der Waals surface area contributed by atoms with Crippen LogP contribution in [0.25, 0.3) is 11.4 Å². The number of rotatable bonds is 5. The van der Waals surface area contributed by atoms with Crippen molar-refractivity contribution in [1.82, 2.24) is 15.0 Å². The Bertz CT molecular complexity index is 1010. The zero-order valence-corrected chi connectivity index (χ0v) is 17.8. The number of hydrogen-bond donors (Lipinski definition) is 1. The molecule has 6 nitrogen and oxygen atoms in total. The van der Waals surface area contributed by atoms with Crippen molar-refractivity contribution in [3.63, 3.8) is 0 Å². The molecular weight excluding hydrogens is 376 g/mol. The van der Waals surface area contributed by atoms with Crippen molar-refractivity contribution in [2.75, 3.05) is 18.4 Å². The second kappa shape index (κ2) is 8.79. The van der Waals surface area contributed by atoms with Crippen LogP contribution >= 0.6 is 0 Å². The first kappa shape index (κ1) is 20.3. The van der Waals surface area contributed by atoms with Gasteiger partial charge in [0.2, 0.25) is 17.6 Å². The summed E-state index contributed by atoms with van der Waals surface area (Å²) in [5, 5.41) is 7.26. The Kier molecular flexibility index (Phi) is 5.95. The number of carbonyl (C=O) groups is 1. The molecule has 1 amide bonds. The first-order chi connectivity index (χ1) is 14.5. The second-order valence-electron chi connectivity index (χ2n) is 8.19. The molecule has 1 aromatic heterocycles. The summed E-state index contributed by atoms with van der Waals surface area (Å²) in [6.45, 7) is 8.40. The van der Waals surface area contributed by atoms with E-state index in [1.54, 1.807) is 0 Å². The summed E-state index contributed by atoms with van der Waals surface area (Å²) < 4.78 is 5.46. The molecule has 0 aliphatic carbocycles. The number of hydrogen-bond acceptors (Lipinski definition) is 5. The first-order valence-corrected chi connectivity index (χ1v) is 10.5. The van der Waals surface area contributed by atoms with Gasteiger partial charge in [-0.2, -0.15) is 4.98 Å².